The Kier molecular flexibility index (Phi) is 7.40. The largest absolute Gasteiger partial charge is 0.436 e. The number of hydrogen-bond acceptors (Lipinski definition) is 5. The van der Waals surface area contributed by atoms with E-state index >= 15 is 0 Å². The first-order chi connectivity index (χ1) is 16.4. The molecule has 1 amide bonds. The van der Waals surface area contributed by atoms with Gasteiger partial charge in [0.25, 0.3) is 5.91 Å². The standard InChI is InChI=1S/C28H31N3O3/c1-19(2)17-31(18-25(32)23(29)15-20-9-5-3-6-10-20)28(33)22-13-14-24-26(16-22)34-27(30-24)21-11-7-4-8-12-21/h3-14,16,19,23,25,32H,15,17-18,29H2,1-2H3/t23-,25+/m0/s1. The predicted molar refractivity (Wildman–Crippen MR) is 134 cm³/mol. The fourth-order valence-electron chi connectivity index (χ4n) is 4.01. The second-order valence-electron chi connectivity index (χ2n) is 9.09. The molecule has 0 saturated carbocycles. The van der Waals surface area contributed by atoms with E-state index in [1.807, 2.05) is 74.5 Å². The van der Waals surface area contributed by atoms with Crippen molar-refractivity contribution in [3.63, 3.8) is 0 Å². The first-order valence-electron chi connectivity index (χ1n) is 11.6. The lowest BCUT2D eigenvalue weighted by Crippen LogP contribution is -2.47. The number of rotatable bonds is 9. The van der Waals surface area contributed by atoms with E-state index in [1.165, 1.54) is 0 Å². The van der Waals surface area contributed by atoms with Crippen LogP contribution in [0.4, 0.5) is 0 Å². The van der Waals surface area contributed by atoms with Crippen molar-refractivity contribution >= 4 is 17.0 Å². The quantitative estimate of drug-likeness (QED) is 0.385. The van der Waals surface area contributed by atoms with Crippen molar-refractivity contribution in [3.05, 3.63) is 90.0 Å². The minimum atomic E-state index is -0.846. The highest BCUT2D eigenvalue weighted by Gasteiger charge is 2.24. The first kappa shape index (κ1) is 23.7. The maximum absolute atomic E-state index is 13.4. The average molecular weight is 458 g/mol. The van der Waals surface area contributed by atoms with Crippen molar-refractivity contribution in [3.8, 4) is 11.5 Å². The van der Waals surface area contributed by atoms with Gasteiger partial charge in [-0.15, -0.1) is 0 Å². The smallest absolute Gasteiger partial charge is 0.254 e. The molecular formula is C28H31N3O3. The van der Waals surface area contributed by atoms with E-state index in [9.17, 15) is 9.90 Å². The van der Waals surface area contributed by atoms with Crippen molar-refractivity contribution in [2.24, 2.45) is 11.7 Å². The number of oxazole rings is 1. The summed E-state index contributed by atoms with van der Waals surface area (Å²) in [5.41, 5.74) is 9.96. The van der Waals surface area contributed by atoms with Crippen molar-refractivity contribution in [1.82, 2.24) is 9.88 Å². The lowest BCUT2D eigenvalue weighted by Gasteiger charge is -2.29. The highest BCUT2D eigenvalue weighted by atomic mass is 16.3. The number of fused-ring (bicyclic) bond motifs is 1. The number of carbonyl (C=O) groups excluding carboxylic acids is 1. The molecule has 0 radical (unpaired) electrons. The van der Waals surface area contributed by atoms with Gasteiger partial charge in [0.2, 0.25) is 5.89 Å². The molecule has 6 heteroatoms. The molecule has 0 fully saturated rings. The fourth-order valence-corrected chi connectivity index (χ4v) is 4.01. The highest BCUT2D eigenvalue weighted by molar-refractivity contribution is 5.97. The third-order valence-corrected chi connectivity index (χ3v) is 5.74. The second-order valence-corrected chi connectivity index (χ2v) is 9.09. The number of aromatic nitrogens is 1. The summed E-state index contributed by atoms with van der Waals surface area (Å²) in [6, 6.07) is 24.3. The van der Waals surface area contributed by atoms with Crippen LogP contribution in [0.1, 0.15) is 29.8 Å². The Hall–Kier alpha value is -3.48. The molecule has 0 bridgehead atoms. The second kappa shape index (κ2) is 10.6. The minimum absolute atomic E-state index is 0.161. The zero-order chi connectivity index (χ0) is 24.1. The van der Waals surface area contributed by atoms with E-state index in [4.69, 9.17) is 10.2 Å². The number of nitrogens with zero attached hydrogens (tertiary/aromatic N) is 2. The molecule has 0 saturated heterocycles. The fraction of sp³-hybridized carbons (Fsp3) is 0.286. The third kappa shape index (κ3) is 5.71. The van der Waals surface area contributed by atoms with Crippen molar-refractivity contribution < 1.29 is 14.3 Å². The Morgan fingerprint density at radius 1 is 1.00 bits per heavy atom. The summed E-state index contributed by atoms with van der Waals surface area (Å²) in [6.07, 6.45) is -0.306. The van der Waals surface area contributed by atoms with Crippen LogP contribution in [0.2, 0.25) is 0 Å². The van der Waals surface area contributed by atoms with E-state index in [1.54, 1.807) is 23.1 Å². The number of benzene rings is 3. The van der Waals surface area contributed by atoms with Crippen LogP contribution in [0.15, 0.2) is 83.3 Å². The van der Waals surface area contributed by atoms with Gasteiger partial charge in [0.05, 0.1) is 6.10 Å². The summed E-state index contributed by atoms with van der Waals surface area (Å²) >= 11 is 0. The molecule has 4 aromatic rings. The Bertz CT molecular complexity index is 1220. The molecule has 34 heavy (non-hydrogen) atoms. The summed E-state index contributed by atoms with van der Waals surface area (Å²) in [5.74, 6) is 0.584. The minimum Gasteiger partial charge on any atom is -0.436 e. The van der Waals surface area contributed by atoms with Gasteiger partial charge in [0, 0.05) is 30.3 Å². The maximum Gasteiger partial charge on any atom is 0.254 e. The van der Waals surface area contributed by atoms with Crippen LogP contribution in [-0.2, 0) is 6.42 Å². The molecular weight excluding hydrogens is 426 g/mol. The number of aliphatic hydroxyl groups is 1. The molecule has 0 aliphatic heterocycles. The van der Waals surface area contributed by atoms with Gasteiger partial charge in [-0.05, 0) is 48.2 Å². The Morgan fingerprint density at radius 2 is 1.68 bits per heavy atom. The number of nitrogens with two attached hydrogens (primary N) is 1. The molecule has 3 aromatic carbocycles. The lowest BCUT2D eigenvalue weighted by atomic mass is 10.0. The van der Waals surface area contributed by atoms with E-state index < -0.39 is 12.1 Å². The van der Waals surface area contributed by atoms with Crippen molar-refractivity contribution in [2.45, 2.75) is 32.4 Å². The SMILES string of the molecule is CC(C)CN(C[C@@H](O)[C@@H](N)Cc1ccccc1)C(=O)c1ccc2nc(-c3ccccc3)oc2c1. The van der Waals surface area contributed by atoms with Gasteiger partial charge >= 0.3 is 0 Å². The van der Waals surface area contributed by atoms with Gasteiger partial charge in [-0.25, -0.2) is 4.98 Å². The van der Waals surface area contributed by atoms with Gasteiger partial charge in [-0.1, -0.05) is 62.4 Å². The molecule has 6 nitrogen and oxygen atoms in total. The normalized spacial score (nSPS) is 13.2. The number of carbonyl (C=O) groups is 1. The molecule has 2 atom stereocenters. The zero-order valence-corrected chi connectivity index (χ0v) is 19.6. The molecule has 3 N–H and O–H groups in total. The molecule has 0 spiro atoms. The molecule has 1 heterocycles. The van der Waals surface area contributed by atoms with E-state index in [0.29, 0.717) is 35.5 Å². The Balaban J connectivity index is 1.52. The van der Waals surface area contributed by atoms with Gasteiger partial charge in [-0.3, -0.25) is 4.79 Å². The summed E-state index contributed by atoms with van der Waals surface area (Å²) in [4.78, 5) is 19.6. The average Bonchev–Trinajstić information content (AvgIpc) is 3.27. The molecule has 0 aliphatic rings. The number of aliphatic hydroxyl groups excluding tert-OH is 1. The van der Waals surface area contributed by atoms with Crippen LogP contribution in [0.5, 0.6) is 0 Å². The monoisotopic (exact) mass is 457 g/mol. The maximum atomic E-state index is 13.4. The molecule has 1 aromatic heterocycles. The van der Waals surface area contributed by atoms with Gasteiger partial charge in [-0.2, -0.15) is 0 Å². The Morgan fingerprint density at radius 3 is 2.35 bits per heavy atom. The van der Waals surface area contributed by atoms with Gasteiger partial charge in [0.1, 0.15) is 5.52 Å². The van der Waals surface area contributed by atoms with Crippen molar-refractivity contribution in [2.75, 3.05) is 13.1 Å². The molecule has 0 unspecified atom stereocenters. The van der Waals surface area contributed by atoms with Crippen LogP contribution in [0, 0.1) is 5.92 Å². The first-order valence-corrected chi connectivity index (χ1v) is 11.6. The number of amides is 1. The Labute approximate surface area is 200 Å². The topological polar surface area (TPSA) is 92.6 Å². The van der Waals surface area contributed by atoms with Crippen LogP contribution in [0.3, 0.4) is 0 Å². The van der Waals surface area contributed by atoms with Crippen LogP contribution >= 0.6 is 0 Å². The summed E-state index contributed by atoms with van der Waals surface area (Å²) in [5, 5.41) is 10.8. The van der Waals surface area contributed by atoms with Gasteiger partial charge < -0.3 is 20.2 Å². The molecule has 4 rings (SSSR count). The summed E-state index contributed by atoms with van der Waals surface area (Å²) < 4.78 is 5.94. The van der Waals surface area contributed by atoms with E-state index in [0.717, 1.165) is 11.1 Å². The van der Waals surface area contributed by atoms with Crippen molar-refractivity contribution in [1.29, 1.82) is 0 Å². The van der Waals surface area contributed by atoms with Crippen LogP contribution < -0.4 is 5.73 Å². The van der Waals surface area contributed by atoms with E-state index in [2.05, 4.69) is 4.98 Å². The predicted octanol–water partition coefficient (Wildman–Crippen LogP) is 4.52. The molecule has 0 aliphatic carbocycles. The zero-order valence-electron chi connectivity index (χ0n) is 19.6. The highest BCUT2D eigenvalue weighted by Crippen LogP contribution is 2.25. The van der Waals surface area contributed by atoms with E-state index in [-0.39, 0.29) is 18.4 Å². The summed E-state index contributed by atoms with van der Waals surface area (Å²) in [7, 11) is 0. The lowest BCUT2D eigenvalue weighted by molar-refractivity contribution is 0.0545. The summed E-state index contributed by atoms with van der Waals surface area (Å²) in [6.45, 7) is 4.76. The van der Waals surface area contributed by atoms with Crippen LogP contribution in [0.25, 0.3) is 22.6 Å². The van der Waals surface area contributed by atoms with Crippen LogP contribution in [-0.4, -0.2) is 46.1 Å². The molecule has 176 valence electrons. The number of hydrogen-bond donors (Lipinski definition) is 2. The third-order valence-electron chi connectivity index (χ3n) is 5.74. The van der Waals surface area contributed by atoms with Gasteiger partial charge in [0.15, 0.2) is 5.58 Å².